The Labute approximate surface area is 86.0 Å². The van der Waals surface area contributed by atoms with E-state index in [2.05, 4.69) is 10.1 Å². The first kappa shape index (κ1) is 14.0. The van der Waals surface area contributed by atoms with Gasteiger partial charge in [-0.15, -0.1) is 12.4 Å². The number of β-amino-alcohol motifs (C(OH)–C–C–N with tert-alkyl or cyclic N) is 1. The Morgan fingerprint density at radius 1 is 1.57 bits per heavy atom. The summed E-state index contributed by atoms with van der Waals surface area (Å²) in [7, 11) is 1.19. The Bertz CT molecular complexity index is 190. The minimum atomic E-state index is -4.44. The number of methoxy groups -OCH3 is 1. The molecule has 0 aromatic heterocycles. The van der Waals surface area contributed by atoms with Gasteiger partial charge in [-0.2, -0.15) is 13.2 Å². The van der Waals surface area contributed by atoms with Gasteiger partial charge in [-0.05, 0) is 0 Å². The van der Waals surface area contributed by atoms with E-state index in [0.29, 0.717) is 0 Å². The third kappa shape index (κ3) is 2.13. The molecular formula is C7H13ClF3NO2. The van der Waals surface area contributed by atoms with E-state index in [-0.39, 0.29) is 25.5 Å². The molecule has 86 valence electrons. The van der Waals surface area contributed by atoms with Crippen LogP contribution in [0.3, 0.4) is 0 Å². The molecule has 1 aliphatic heterocycles. The van der Waals surface area contributed by atoms with Gasteiger partial charge in [0.1, 0.15) is 5.41 Å². The van der Waals surface area contributed by atoms with Gasteiger partial charge in [0.25, 0.3) is 0 Å². The third-order valence-corrected chi connectivity index (χ3v) is 2.38. The van der Waals surface area contributed by atoms with Crippen LogP contribution < -0.4 is 5.32 Å². The van der Waals surface area contributed by atoms with Crippen molar-refractivity contribution in [1.82, 2.24) is 5.32 Å². The highest BCUT2D eigenvalue weighted by Crippen LogP contribution is 2.43. The van der Waals surface area contributed by atoms with E-state index < -0.39 is 24.3 Å². The van der Waals surface area contributed by atoms with Gasteiger partial charge in [0, 0.05) is 20.2 Å². The summed E-state index contributed by atoms with van der Waals surface area (Å²) < 4.78 is 42.2. The standard InChI is InChI=1S/C7H12F3NO2.ClH/c1-13-4-6(7(8,9)10)3-11-2-5(6)12;/h5,11-12H,2-4H2,1H3;1H. The molecule has 1 rings (SSSR count). The number of hydrogen-bond donors (Lipinski definition) is 2. The van der Waals surface area contributed by atoms with E-state index in [9.17, 15) is 18.3 Å². The molecule has 0 amide bonds. The highest BCUT2D eigenvalue weighted by molar-refractivity contribution is 5.85. The number of alkyl halides is 3. The van der Waals surface area contributed by atoms with E-state index >= 15 is 0 Å². The lowest BCUT2D eigenvalue weighted by atomic mass is 9.85. The lowest BCUT2D eigenvalue weighted by Crippen LogP contribution is -2.50. The first-order valence-corrected chi connectivity index (χ1v) is 3.88. The quantitative estimate of drug-likeness (QED) is 0.735. The molecule has 1 aliphatic rings. The highest BCUT2D eigenvalue weighted by Gasteiger charge is 2.61. The van der Waals surface area contributed by atoms with Gasteiger partial charge in [0.05, 0.1) is 12.7 Å². The molecule has 2 N–H and O–H groups in total. The molecule has 0 radical (unpaired) electrons. The van der Waals surface area contributed by atoms with E-state index in [0.717, 1.165) is 0 Å². The SMILES string of the molecule is COCC1(C(F)(F)F)CNCC1O.Cl. The van der Waals surface area contributed by atoms with Gasteiger partial charge in [0.2, 0.25) is 0 Å². The van der Waals surface area contributed by atoms with Crippen molar-refractivity contribution in [1.29, 1.82) is 0 Å². The van der Waals surface area contributed by atoms with Gasteiger partial charge in [0.15, 0.2) is 0 Å². The zero-order chi connectivity index (χ0) is 10.1. The summed E-state index contributed by atoms with van der Waals surface area (Å²) in [6.07, 6.45) is -5.86. The van der Waals surface area contributed by atoms with Crippen LogP contribution in [0.1, 0.15) is 0 Å². The molecule has 0 aliphatic carbocycles. The maximum absolute atomic E-state index is 12.6. The Morgan fingerprint density at radius 3 is 2.43 bits per heavy atom. The van der Waals surface area contributed by atoms with Crippen molar-refractivity contribution < 1.29 is 23.0 Å². The van der Waals surface area contributed by atoms with Crippen LogP contribution in [-0.2, 0) is 4.74 Å². The summed E-state index contributed by atoms with van der Waals surface area (Å²) >= 11 is 0. The molecule has 0 aromatic carbocycles. The number of aliphatic hydroxyl groups excluding tert-OH is 1. The molecule has 2 unspecified atom stereocenters. The summed E-state index contributed by atoms with van der Waals surface area (Å²) in [5.41, 5.74) is -2.14. The molecule has 0 aromatic rings. The summed E-state index contributed by atoms with van der Waals surface area (Å²) in [4.78, 5) is 0. The summed E-state index contributed by atoms with van der Waals surface area (Å²) in [6.45, 7) is -0.834. The van der Waals surface area contributed by atoms with Crippen molar-refractivity contribution in [3.8, 4) is 0 Å². The van der Waals surface area contributed by atoms with Crippen LogP contribution in [-0.4, -0.2) is 44.2 Å². The number of rotatable bonds is 2. The molecule has 3 nitrogen and oxygen atoms in total. The first-order chi connectivity index (χ1) is 5.94. The van der Waals surface area contributed by atoms with Gasteiger partial charge in [-0.3, -0.25) is 0 Å². The first-order valence-electron chi connectivity index (χ1n) is 3.88. The second-order valence-electron chi connectivity index (χ2n) is 3.23. The van der Waals surface area contributed by atoms with E-state index in [1.54, 1.807) is 0 Å². The van der Waals surface area contributed by atoms with Crippen LogP contribution in [0, 0.1) is 5.41 Å². The summed E-state index contributed by atoms with van der Waals surface area (Å²) in [6, 6.07) is 0. The predicted molar refractivity (Wildman–Crippen MR) is 46.5 cm³/mol. The second kappa shape index (κ2) is 4.65. The lowest BCUT2D eigenvalue weighted by Gasteiger charge is -2.32. The Hall–Kier alpha value is -0.0400. The second-order valence-corrected chi connectivity index (χ2v) is 3.23. The van der Waals surface area contributed by atoms with Crippen molar-refractivity contribution in [3.63, 3.8) is 0 Å². The molecule has 0 saturated carbocycles. The average Bonchev–Trinajstić information content (AvgIpc) is 2.33. The minimum Gasteiger partial charge on any atom is -0.391 e. The number of nitrogens with one attached hydrogen (secondary N) is 1. The van der Waals surface area contributed by atoms with Crippen molar-refractivity contribution >= 4 is 12.4 Å². The number of hydrogen-bond acceptors (Lipinski definition) is 3. The highest BCUT2D eigenvalue weighted by atomic mass is 35.5. The Morgan fingerprint density at radius 2 is 2.14 bits per heavy atom. The topological polar surface area (TPSA) is 41.5 Å². The molecule has 2 atom stereocenters. The third-order valence-electron chi connectivity index (χ3n) is 2.38. The van der Waals surface area contributed by atoms with E-state index in [1.807, 2.05) is 0 Å². The number of aliphatic hydroxyl groups is 1. The van der Waals surface area contributed by atoms with Crippen LogP contribution in [0.5, 0.6) is 0 Å². The monoisotopic (exact) mass is 235 g/mol. The predicted octanol–water partition coefficient (Wildman–Crippen LogP) is 0.567. The molecule has 1 fully saturated rings. The zero-order valence-electron chi connectivity index (χ0n) is 7.60. The van der Waals surface area contributed by atoms with Crippen LogP contribution in [0.15, 0.2) is 0 Å². The molecular weight excluding hydrogens is 223 g/mol. The maximum Gasteiger partial charge on any atom is 0.400 e. The van der Waals surface area contributed by atoms with Crippen LogP contribution in [0.4, 0.5) is 13.2 Å². The van der Waals surface area contributed by atoms with Gasteiger partial charge >= 0.3 is 6.18 Å². The lowest BCUT2D eigenvalue weighted by molar-refractivity contribution is -0.254. The van der Waals surface area contributed by atoms with Crippen molar-refractivity contribution in [3.05, 3.63) is 0 Å². The summed E-state index contributed by atoms with van der Waals surface area (Å²) in [5, 5.41) is 11.7. The summed E-state index contributed by atoms with van der Waals surface area (Å²) in [5.74, 6) is 0. The van der Waals surface area contributed by atoms with Gasteiger partial charge in [-0.25, -0.2) is 0 Å². The minimum absolute atomic E-state index is 0. The number of ether oxygens (including phenoxy) is 1. The van der Waals surface area contributed by atoms with Crippen molar-refractivity contribution in [2.75, 3.05) is 26.8 Å². The normalized spacial score (nSPS) is 32.8. The Kier molecular flexibility index (Phi) is 4.64. The van der Waals surface area contributed by atoms with E-state index in [1.165, 1.54) is 7.11 Å². The molecule has 0 bridgehead atoms. The fourth-order valence-corrected chi connectivity index (χ4v) is 1.52. The van der Waals surface area contributed by atoms with Crippen molar-refractivity contribution in [2.45, 2.75) is 12.3 Å². The largest absolute Gasteiger partial charge is 0.400 e. The fraction of sp³-hybridized carbons (Fsp3) is 1.00. The van der Waals surface area contributed by atoms with E-state index in [4.69, 9.17) is 0 Å². The molecule has 1 saturated heterocycles. The van der Waals surface area contributed by atoms with Gasteiger partial charge in [-0.1, -0.05) is 0 Å². The Balaban J connectivity index is 0.00000169. The zero-order valence-corrected chi connectivity index (χ0v) is 8.41. The van der Waals surface area contributed by atoms with Crippen molar-refractivity contribution in [2.24, 2.45) is 5.41 Å². The van der Waals surface area contributed by atoms with Crippen LogP contribution >= 0.6 is 12.4 Å². The maximum atomic E-state index is 12.6. The smallest absolute Gasteiger partial charge is 0.391 e. The molecule has 0 spiro atoms. The molecule has 1 heterocycles. The molecule has 14 heavy (non-hydrogen) atoms. The molecule has 7 heteroatoms. The van der Waals surface area contributed by atoms with Crippen LogP contribution in [0.2, 0.25) is 0 Å². The van der Waals surface area contributed by atoms with Crippen LogP contribution in [0.25, 0.3) is 0 Å². The van der Waals surface area contributed by atoms with Gasteiger partial charge < -0.3 is 15.2 Å². The number of halogens is 4. The fourth-order valence-electron chi connectivity index (χ4n) is 1.52. The average molecular weight is 236 g/mol.